The summed E-state index contributed by atoms with van der Waals surface area (Å²) in [6.45, 7) is 9.17. The number of rotatable bonds is 11. The second-order valence-corrected chi connectivity index (χ2v) is 10.0. The fourth-order valence-corrected chi connectivity index (χ4v) is 5.34. The molecule has 1 aromatic heterocycles. The van der Waals surface area contributed by atoms with Gasteiger partial charge in [0.1, 0.15) is 0 Å². The maximum absolute atomic E-state index is 4.76. The smallest absolute Gasteiger partial charge is 0.159 e. The molecule has 0 N–H and O–H groups in total. The Hall–Kier alpha value is -1.70. The van der Waals surface area contributed by atoms with Crippen LogP contribution in [0.4, 0.5) is 0 Å². The summed E-state index contributed by atoms with van der Waals surface area (Å²) in [5, 5.41) is 0. The van der Waals surface area contributed by atoms with E-state index in [2.05, 4.69) is 58.3 Å². The maximum Gasteiger partial charge on any atom is 0.159 e. The lowest BCUT2D eigenvalue weighted by molar-refractivity contribution is 0.236. The summed E-state index contributed by atoms with van der Waals surface area (Å²) in [6, 6.07) is 6.74. The Balaban J connectivity index is 1.56. The number of unbranched alkanes of at least 4 members (excludes halogenated alkanes) is 4. The van der Waals surface area contributed by atoms with Gasteiger partial charge in [0, 0.05) is 18.0 Å². The molecule has 1 unspecified atom stereocenters. The average molecular weight is 421 g/mol. The first-order valence-electron chi connectivity index (χ1n) is 13.0. The van der Waals surface area contributed by atoms with Crippen molar-refractivity contribution in [3.8, 4) is 11.4 Å². The molecule has 2 heteroatoms. The van der Waals surface area contributed by atoms with Gasteiger partial charge in [0.05, 0.1) is 0 Å². The highest BCUT2D eigenvalue weighted by atomic mass is 14.9. The molecule has 0 aliphatic heterocycles. The molecule has 0 spiro atoms. The third-order valence-electron chi connectivity index (χ3n) is 7.66. The van der Waals surface area contributed by atoms with Crippen LogP contribution in [0.1, 0.15) is 114 Å². The fraction of sp³-hybridized carbons (Fsp3) is 0.655. The van der Waals surface area contributed by atoms with Gasteiger partial charge >= 0.3 is 0 Å². The molecule has 1 aromatic carbocycles. The molecule has 2 nitrogen and oxygen atoms in total. The molecule has 2 aromatic rings. The van der Waals surface area contributed by atoms with Gasteiger partial charge < -0.3 is 0 Å². The molecule has 1 fully saturated rings. The van der Waals surface area contributed by atoms with Crippen LogP contribution >= 0.6 is 0 Å². The van der Waals surface area contributed by atoms with E-state index in [4.69, 9.17) is 9.97 Å². The van der Waals surface area contributed by atoms with Crippen LogP contribution in [-0.2, 0) is 6.42 Å². The second kappa shape index (κ2) is 12.4. The summed E-state index contributed by atoms with van der Waals surface area (Å²) >= 11 is 0. The van der Waals surface area contributed by atoms with Gasteiger partial charge in [-0.2, -0.15) is 0 Å². The van der Waals surface area contributed by atoms with Gasteiger partial charge in [0.25, 0.3) is 0 Å². The lowest BCUT2D eigenvalue weighted by atomic mass is 9.73. The van der Waals surface area contributed by atoms with E-state index in [1.807, 2.05) is 0 Å². The summed E-state index contributed by atoms with van der Waals surface area (Å²) in [4.78, 5) is 9.53. The first kappa shape index (κ1) is 24.0. The minimum absolute atomic E-state index is 0.563. The van der Waals surface area contributed by atoms with Gasteiger partial charge in [0.2, 0.25) is 0 Å². The molecule has 1 saturated carbocycles. The van der Waals surface area contributed by atoms with E-state index in [-0.39, 0.29) is 0 Å². The zero-order chi connectivity index (χ0) is 22.1. The molecule has 1 aliphatic carbocycles. The van der Waals surface area contributed by atoms with Gasteiger partial charge in [-0.15, -0.1) is 0 Å². The third kappa shape index (κ3) is 6.89. The molecule has 0 amide bonds. The van der Waals surface area contributed by atoms with Crippen LogP contribution in [0.3, 0.4) is 0 Å². The molecule has 0 saturated heterocycles. The van der Waals surface area contributed by atoms with E-state index in [1.54, 1.807) is 0 Å². The minimum atomic E-state index is 0.563. The second-order valence-electron chi connectivity index (χ2n) is 10.0. The summed E-state index contributed by atoms with van der Waals surface area (Å²) < 4.78 is 0. The normalized spacial score (nSPS) is 20.0. The first-order chi connectivity index (χ1) is 15.1. The lowest BCUT2D eigenvalue weighted by Gasteiger charge is -2.32. The Labute approximate surface area is 191 Å². The number of nitrogens with zero attached hydrogens (tertiary/aromatic N) is 2. The zero-order valence-electron chi connectivity index (χ0n) is 20.5. The van der Waals surface area contributed by atoms with Crippen molar-refractivity contribution in [3.05, 3.63) is 47.3 Å². The highest BCUT2D eigenvalue weighted by Crippen LogP contribution is 2.39. The van der Waals surface area contributed by atoms with E-state index >= 15 is 0 Å². The highest BCUT2D eigenvalue weighted by Gasteiger charge is 2.26. The monoisotopic (exact) mass is 420 g/mol. The number of hydrogen-bond acceptors (Lipinski definition) is 2. The highest BCUT2D eigenvalue weighted by molar-refractivity contribution is 5.57. The Morgan fingerprint density at radius 1 is 0.903 bits per heavy atom. The largest absolute Gasteiger partial charge is 0.236 e. The van der Waals surface area contributed by atoms with E-state index in [1.165, 1.54) is 93.7 Å². The van der Waals surface area contributed by atoms with E-state index in [0.29, 0.717) is 5.92 Å². The maximum atomic E-state index is 4.76. The van der Waals surface area contributed by atoms with Gasteiger partial charge in [0.15, 0.2) is 5.82 Å². The molecule has 0 radical (unpaired) electrons. The fourth-order valence-electron chi connectivity index (χ4n) is 5.34. The summed E-state index contributed by atoms with van der Waals surface area (Å²) in [7, 11) is 0. The van der Waals surface area contributed by atoms with Crippen molar-refractivity contribution in [2.75, 3.05) is 0 Å². The summed E-state index contributed by atoms with van der Waals surface area (Å²) in [6.07, 6.45) is 20.4. The predicted octanol–water partition coefficient (Wildman–Crippen LogP) is 8.67. The van der Waals surface area contributed by atoms with Crippen LogP contribution in [0.15, 0.2) is 30.6 Å². The van der Waals surface area contributed by atoms with Crippen LogP contribution in [0.2, 0.25) is 0 Å². The Morgan fingerprint density at radius 2 is 1.58 bits per heavy atom. The van der Waals surface area contributed by atoms with Crippen molar-refractivity contribution >= 4 is 0 Å². The molecule has 31 heavy (non-hydrogen) atoms. The molecular weight excluding hydrogens is 376 g/mol. The van der Waals surface area contributed by atoms with Gasteiger partial charge in [-0.3, -0.25) is 0 Å². The topological polar surface area (TPSA) is 25.8 Å². The van der Waals surface area contributed by atoms with Gasteiger partial charge in [-0.25, -0.2) is 9.97 Å². The molecule has 3 rings (SSSR count). The van der Waals surface area contributed by atoms with Crippen molar-refractivity contribution in [1.82, 2.24) is 9.97 Å². The van der Waals surface area contributed by atoms with Crippen molar-refractivity contribution in [2.45, 2.75) is 111 Å². The number of aryl methyl sites for hydroxylation is 2. The molecule has 1 heterocycles. The zero-order valence-corrected chi connectivity index (χ0v) is 20.5. The molecular formula is C29H44N2. The lowest BCUT2D eigenvalue weighted by Crippen LogP contribution is -2.19. The van der Waals surface area contributed by atoms with E-state index in [0.717, 1.165) is 23.2 Å². The van der Waals surface area contributed by atoms with E-state index < -0.39 is 0 Å². The Bertz CT molecular complexity index is 772. The molecule has 1 aliphatic rings. The first-order valence-corrected chi connectivity index (χ1v) is 13.0. The SMILES string of the molecule is CCCCCc1ccc(-c2ncc(C(C)C3CCC(CCCCC)CC3)cn2)cc1C. The van der Waals surface area contributed by atoms with Crippen LogP contribution in [0, 0.1) is 18.8 Å². The van der Waals surface area contributed by atoms with Crippen LogP contribution in [0.25, 0.3) is 11.4 Å². The molecule has 0 bridgehead atoms. The van der Waals surface area contributed by atoms with Crippen LogP contribution < -0.4 is 0 Å². The van der Waals surface area contributed by atoms with Gasteiger partial charge in [-0.1, -0.05) is 84.3 Å². The Morgan fingerprint density at radius 3 is 2.23 bits per heavy atom. The predicted molar refractivity (Wildman–Crippen MR) is 133 cm³/mol. The van der Waals surface area contributed by atoms with Crippen LogP contribution in [-0.4, -0.2) is 9.97 Å². The van der Waals surface area contributed by atoms with Gasteiger partial charge in [-0.05, 0) is 73.1 Å². The standard InChI is InChI=1S/C29H44N2/c1-5-7-9-11-24-13-15-26(16-14-24)23(4)28-20-30-29(31-21-28)27-18-17-25(22(3)19-27)12-10-8-6-2/h17-21,23-24,26H,5-16H2,1-4H3. The minimum Gasteiger partial charge on any atom is -0.236 e. The number of hydrogen-bond donors (Lipinski definition) is 0. The summed E-state index contributed by atoms with van der Waals surface area (Å²) in [5.74, 6) is 3.19. The summed E-state index contributed by atoms with van der Waals surface area (Å²) in [5.41, 5.74) is 5.28. The molecule has 1 atom stereocenters. The van der Waals surface area contributed by atoms with Crippen LogP contribution in [0.5, 0.6) is 0 Å². The van der Waals surface area contributed by atoms with Crippen molar-refractivity contribution in [1.29, 1.82) is 0 Å². The Kier molecular flexibility index (Phi) is 9.55. The number of aromatic nitrogens is 2. The quantitative estimate of drug-likeness (QED) is 0.340. The van der Waals surface area contributed by atoms with Crippen molar-refractivity contribution in [2.24, 2.45) is 11.8 Å². The van der Waals surface area contributed by atoms with E-state index in [9.17, 15) is 0 Å². The third-order valence-corrected chi connectivity index (χ3v) is 7.66. The molecule has 170 valence electrons. The van der Waals surface area contributed by atoms with Crippen molar-refractivity contribution < 1.29 is 0 Å². The number of benzene rings is 1. The average Bonchev–Trinajstić information content (AvgIpc) is 2.80. The van der Waals surface area contributed by atoms with Crippen molar-refractivity contribution in [3.63, 3.8) is 0 Å².